The van der Waals surface area contributed by atoms with E-state index in [4.69, 9.17) is 0 Å². The summed E-state index contributed by atoms with van der Waals surface area (Å²) in [6.45, 7) is 2.24. The lowest BCUT2D eigenvalue weighted by molar-refractivity contribution is 0.104. The molecule has 0 unspecified atom stereocenters. The van der Waals surface area contributed by atoms with Crippen LogP contribution in [0.3, 0.4) is 0 Å². The van der Waals surface area contributed by atoms with Gasteiger partial charge in [-0.05, 0) is 61.7 Å². The highest BCUT2D eigenvalue weighted by atomic mass is 16.1. The number of aromatic nitrogens is 2. The summed E-state index contributed by atoms with van der Waals surface area (Å²) < 4.78 is 1.74. The number of nitrogens with zero attached hydrogens (tertiary/aromatic N) is 3. The third kappa shape index (κ3) is 3.27. The van der Waals surface area contributed by atoms with E-state index in [1.54, 1.807) is 23.0 Å². The monoisotopic (exact) mass is 295 g/mol. The molecule has 0 amide bonds. The maximum absolute atomic E-state index is 12.2. The Morgan fingerprint density at radius 3 is 2.45 bits per heavy atom. The number of hydrogen-bond donors (Lipinski definition) is 0. The molecular weight excluding hydrogens is 274 g/mol. The molecule has 0 saturated carbocycles. The van der Waals surface area contributed by atoms with Crippen LogP contribution in [0, 0.1) is 0 Å². The zero-order chi connectivity index (χ0) is 15.4. The lowest BCUT2D eigenvalue weighted by Crippen LogP contribution is -2.29. The Kier molecular flexibility index (Phi) is 4.37. The Bertz CT molecular complexity index is 664. The van der Waals surface area contributed by atoms with Gasteiger partial charge in [0, 0.05) is 37.6 Å². The van der Waals surface area contributed by atoms with Crippen LogP contribution < -0.4 is 4.90 Å². The molecule has 0 spiro atoms. The second-order valence-corrected chi connectivity index (χ2v) is 5.67. The van der Waals surface area contributed by atoms with Gasteiger partial charge in [0.2, 0.25) is 0 Å². The summed E-state index contributed by atoms with van der Waals surface area (Å²) in [6, 6.07) is 9.82. The van der Waals surface area contributed by atoms with Gasteiger partial charge in [-0.25, -0.2) is 0 Å². The average Bonchev–Trinajstić information content (AvgIpc) is 2.99. The number of aryl methyl sites for hydroxylation is 1. The molecule has 22 heavy (non-hydrogen) atoms. The van der Waals surface area contributed by atoms with Crippen LogP contribution >= 0.6 is 0 Å². The predicted octanol–water partition coefficient (Wildman–Crippen LogP) is 3.31. The molecule has 114 valence electrons. The van der Waals surface area contributed by atoms with Crippen molar-refractivity contribution in [2.45, 2.75) is 19.3 Å². The Balaban J connectivity index is 1.68. The summed E-state index contributed by atoms with van der Waals surface area (Å²) >= 11 is 0. The van der Waals surface area contributed by atoms with Crippen molar-refractivity contribution in [3.05, 3.63) is 53.9 Å². The van der Waals surface area contributed by atoms with Gasteiger partial charge in [-0.1, -0.05) is 0 Å². The quantitative estimate of drug-likeness (QED) is 0.641. The standard InChI is InChI=1S/C18H21N3O/c1-20-16(11-12-19-20)9-10-18(22)15-5-7-17(8-6-15)21-13-3-2-4-14-21/h5-12H,2-4,13-14H2,1H3. The minimum Gasteiger partial charge on any atom is -0.372 e. The van der Waals surface area contributed by atoms with Gasteiger partial charge in [-0.3, -0.25) is 9.48 Å². The van der Waals surface area contributed by atoms with Gasteiger partial charge in [0.25, 0.3) is 0 Å². The van der Waals surface area contributed by atoms with Crippen LogP contribution in [0.4, 0.5) is 5.69 Å². The van der Waals surface area contributed by atoms with Gasteiger partial charge in [0.05, 0.1) is 5.69 Å². The van der Waals surface area contributed by atoms with Gasteiger partial charge < -0.3 is 4.90 Å². The van der Waals surface area contributed by atoms with E-state index in [0.29, 0.717) is 0 Å². The first-order valence-electron chi connectivity index (χ1n) is 7.79. The Morgan fingerprint density at radius 1 is 1.09 bits per heavy atom. The number of ketones is 1. The van der Waals surface area contributed by atoms with Crippen LogP contribution in [-0.4, -0.2) is 28.7 Å². The molecule has 0 aliphatic carbocycles. The molecule has 1 fully saturated rings. The van der Waals surface area contributed by atoms with Crippen molar-refractivity contribution in [2.24, 2.45) is 7.05 Å². The van der Waals surface area contributed by atoms with E-state index in [1.165, 1.54) is 24.9 Å². The summed E-state index contributed by atoms with van der Waals surface area (Å²) in [6.07, 6.45) is 8.96. The molecule has 0 N–H and O–H groups in total. The van der Waals surface area contributed by atoms with Crippen molar-refractivity contribution in [1.82, 2.24) is 9.78 Å². The summed E-state index contributed by atoms with van der Waals surface area (Å²) in [5, 5.41) is 4.08. The normalized spacial score (nSPS) is 15.4. The molecule has 0 atom stereocenters. The minimum absolute atomic E-state index is 0.0198. The lowest BCUT2D eigenvalue weighted by Gasteiger charge is -2.28. The molecule has 2 aromatic rings. The van der Waals surface area contributed by atoms with Crippen molar-refractivity contribution in [3.8, 4) is 0 Å². The highest BCUT2D eigenvalue weighted by Crippen LogP contribution is 2.20. The third-order valence-corrected chi connectivity index (χ3v) is 4.14. The molecule has 2 heterocycles. The van der Waals surface area contributed by atoms with Crippen molar-refractivity contribution in [3.63, 3.8) is 0 Å². The Hall–Kier alpha value is -2.36. The van der Waals surface area contributed by atoms with Gasteiger partial charge in [0.1, 0.15) is 0 Å². The van der Waals surface area contributed by atoms with Crippen molar-refractivity contribution < 1.29 is 4.79 Å². The number of carbonyl (C=O) groups excluding carboxylic acids is 1. The van der Waals surface area contributed by atoms with E-state index in [9.17, 15) is 4.79 Å². The van der Waals surface area contributed by atoms with Gasteiger partial charge in [-0.2, -0.15) is 5.10 Å². The number of anilines is 1. The highest BCUT2D eigenvalue weighted by Gasteiger charge is 2.11. The molecule has 4 nitrogen and oxygen atoms in total. The number of allylic oxidation sites excluding steroid dienone is 1. The van der Waals surface area contributed by atoms with Crippen LogP contribution in [0.2, 0.25) is 0 Å². The first-order valence-corrected chi connectivity index (χ1v) is 7.79. The molecule has 0 radical (unpaired) electrons. The Labute approximate surface area is 131 Å². The molecule has 1 aliphatic heterocycles. The molecule has 4 heteroatoms. The molecule has 1 aromatic heterocycles. The van der Waals surface area contributed by atoms with Crippen molar-refractivity contribution in [1.29, 1.82) is 0 Å². The van der Waals surface area contributed by atoms with Gasteiger partial charge >= 0.3 is 0 Å². The largest absolute Gasteiger partial charge is 0.372 e. The molecular formula is C18H21N3O. The summed E-state index contributed by atoms with van der Waals surface area (Å²) in [4.78, 5) is 14.6. The van der Waals surface area contributed by atoms with E-state index >= 15 is 0 Å². The predicted molar refractivity (Wildman–Crippen MR) is 89.1 cm³/mol. The number of piperidine rings is 1. The van der Waals surface area contributed by atoms with Gasteiger partial charge in [-0.15, -0.1) is 0 Å². The van der Waals surface area contributed by atoms with E-state index in [0.717, 1.165) is 24.3 Å². The molecule has 0 bridgehead atoms. The fourth-order valence-electron chi connectivity index (χ4n) is 2.79. The van der Waals surface area contributed by atoms with Crippen LogP contribution in [0.25, 0.3) is 6.08 Å². The maximum atomic E-state index is 12.2. The third-order valence-electron chi connectivity index (χ3n) is 4.14. The molecule has 3 rings (SSSR count). The van der Waals surface area contributed by atoms with E-state index in [1.807, 2.05) is 25.2 Å². The minimum atomic E-state index is 0.0198. The first kappa shape index (κ1) is 14.6. The smallest absolute Gasteiger partial charge is 0.185 e. The van der Waals surface area contributed by atoms with Crippen molar-refractivity contribution in [2.75, 3.05) is 18.0 Å². The summed E-state index contributed by atoms with van der Waals surface area (Å²) in [5.74, 6) is 0.0198. The average molecular weight is 295 g/mol. The van der Waals surface area contributed by atoms with Crippen LogP contribution in [0.1, 0.15) is 35.3 Å². The molecule has 1 aromatic carbocycles. The second kappa shape index (κ2) is 6.60. The maximum Gasteiger partial charge on any atom is 0.185 e. The number of hydrogen-bond acceptors (Lipinski definition) is 3. The molecule has 1 saturated heterocycles. The topological polar surface area (TPSA) is 38.1 Å². The van der Waals surface area contributed by atoms with Crippen LogP contribution in [0.5, 0.6) is 0 Å². The summed E-state index contributed by atoms with van der Waals surface area (Å²) in [5.41, 5.74) is 2.85. The van der Waals surface area contributed by atoms with E-state index in [2.05, 4.69) is 22.1 Å². The van der Waals surface area contributed by atoms with Crippen LogP contribution in [-0.2, 0) is 7.05 Å². The number of rotatable bonds is 4. The SMILES string of the molecule is Cn1nccc1C=CC(=O)c1ccc(N2CCCCC2)cc1. The first-order chi connectivity index (χ1) is 10.7. The summed E-state index contributed by atoms with van der Waals surface area (Å²) in [7, 11) is 1.86. The van der Waals surface area contributed by atoms with Crippen molar-refractivity contribution >= 4 is 17.5 Å². The fraction of sp³-hybridized carbons (Fsp3) is 0.333. The fourth-order valence-corrected chi connectivity index (χ4v) is 2.79. The van der Waals surface area contributed by atoms with E-state index in [-0.39, 0.29) is 5.78 Å². The second-order valence-electron chi connectivity index (χ2n) is 5.67. The number of carbonyl (C=O) groups is 1. The van der Waals surface area contributed by atoms with E-state index < -0.39 is 0 Å². The van der Waals surface area contributed by atoms with Gasteiger partial charge in [0.15, 0.2) is 5.78 Å². The lowest BCUT2D eigenvalue weighted by atomic mass is 10.1. The Morgan fingerprint density at radius 2 is 1.82 bits per heavy atom. The molecule has 1 aliphatic rings. The zero-order valence-electron chi connectivity index (χ0n) is 12.9. The highest BCUT2D eigenvalue weighted by molar-refractivity contribution is 6.06. The van der Waals surface area contributed by atoms with Crippen LogP contribution in [0.15, 0.2) is 42.6 Å². The number of benzene rings is 1. The zero-order valence-corrected chi connectivity index (χ0v) is 12.9.